The lowest BCUT2D eigenvalue weighted by molar-refractivity contribution is 0.101. The third-order valence-electron chi connectivity index (χ3n) is 2.96. The number of hydrogen-bond acceptors (Lipinski definition) is 4. The maximum absolute atomic E-state index is 12.3. The Balaban J connectivity index is 2.84. The summed E-state index contributed by atoms with van der Waals surface area (Å²) in [6.07, 6.45) is 1.15. The maximum Gasteiger partial charge on any atom is 0.333 e. The molecule has 0 bridgehead atoms. The minimum absolute atomic E-state index is 0.0434. The molecule has 104 valence electrons. The first-order chi connectivity index (χ1) is 9.43. The molecule has 1 heterocycles. The SMILES string of the molecule is CC(=O)c1c[nH]c(=O)n(-c2ccccc2N(C)C)c1=O. The highest BCUT2D eigenvalue weighted by molar-refractivity contribution is 5.93. The normalized spacial score (nSPS) is 10.3. The summed E-state index contributed by atoms with van der Waals surface area (Å²) in [5, 5.41) is 0. The molecule has 0 aliphatic rings. The van der Waals surface area contributed by atoms with Gasteiger partial charge in [0.1, 0.15) is 0 Å². The molecule has 0 aliphatic carbocycles. The Morgan fingerprint density at radius 3 is 2.45 bits per heavy atom. The zero-order chi connectivity index (χ0) is 14.9. The number of carbonyl (C=O) groups is 1. The number of benzene rings is 1. The predicted molar refractivity (Wildman–Crippen MR) is 77.0 cm³/mol. The van der Waals surface area contributed by atoms with E-state index in [0.29, 0.717) is 11.4 Å². The van der Waals surface area contributed by atoms with Crippen molar-refractivity contribution in [2.24, 2.45) is 0 Å². The molecule has 1 aromatic carbocycles. The first-order valence-corrected chi connectivity index (χ1v) is 6.06. The first kappa shape index (κ1) is 13.8. The number of carbonyl (C=O) groups excluding carboxylic acids is 1. The molecule has 0 atom stereocenters. The van der Waals surface area contributed by atoms with E-state index in [1.807, 2.05) is 20.2 Å². The average Bonchev–Trinajstić information content (AvgIpc) is 2.38. The van der Waals surface area contributed by atoms with Gasteiger partial charge in [0.05, 0.1) is 16.9 Å². The molecule has 0 unspecified atom stereocenters. The summed E-state index contributed by atoms with van der Waals surface area (Å²) in [5.41, 5.74) is -0.0874. The molecule has 0 fully saturated rings. The average molecular weight is 273 g/mol. The topological polar surface area (TPSA) is 75.2 Å². The lowest BCUT2D eigenvalue weighted by atomic mass is 10.2. The van der Waals surface area contributed by atoms with Crippen molar-refractivity contribution < 1.29 is 4.79 Å². The van der Waals surface area contributed by atoms with Crippen LogP contribution in [0.15, 0.2) is 40.1 Å². The number of aromatic amines is 1. The highest BCUT2D eigenvalue weighted by atomic mass is 16.2. The molecule has 0 spiro atoms. The Labute approximate surface area is 115 Å². The van der Waals surface area contributed by atoms with Crippen LogP contribution in [0.5, 0.6) is 0 Å². The second-order valence-corrected chi connectivity index (χ2v) is 4.59. The molecule has 1 aromatic heterocycles. The molecule has 0 aliphatic heterocycles. The van der Waals surface area contributed by atoms with Crippen molar-refractivity contribution >= 4 is 11.5 Å². The summed E-state index contributed by atoms with van der Waals surface area (Å²) < 4.78 is 0.978. The molecule has 0 radical (unpaired) electrons. The van der Waals surface area contributed by atoms with Crippen molar-refractivity contribution in [1.82, 2.24) is 9.55 Å². The fourth-order valence-corrected chi connectivity index (χ4v) is 1.98. The number of para-hydroxylation sites is 2. The largest absolute Gasteiger partial charge is 0.376 e. The summed E-state index contributed by atoms with van der Waals surface area (Å²) in [7, 11) is 3.62. The van der Waals surface area contributed by atoms with E-state index in [9.17, 15) is 14.4 Å². The minimum Gasteiger partial charge on any atom is -0.376 e. The van der Waals surface area contributed by atoms with Crippen molar-refractivity contribution in [3.05, 3.63) is 56.9 Å². The molecule has 0 amide bonds. The van der Waals surface area contributed by atoms with E-state index in [0.717, 1.165) is 10.8 Å². The van der Waals surface area contributed by atoms with E-state index < -0.39 is 11.2 Å². The van der Waals surface area contributed by atoms with Crippen LogP contribution in [0.1, 0.15) is 17.3 Å². The van der Waals surface area contributed by atoms with Crippen LogP contribution < -0.4 is 16.1 Å². The van der Waals surface area contributed by atoms with Crippen LogP contribution in [0.25, 0.3) is 5.69 Å². The van der Waals surface area contributed by atoms with E-state index in [1.165, 1.54) is 6.92 Å². The maximum atomic E-state index is 12.3. The van der Waals surface area contributed by atoms with Gasteiger partial charge in [-0.05, 0) is 19.1 Å². The summed E-state index contributed by atoms with van der Waals surface area (Å²) >= 11 is 0. The first-order valence-electron chi connectivity index (χ1n) is 6.06. The molecule has 2 aromatic rings. The number of ketones is 1. The van der Waals surface area contributed by atoms with E-state index in [-0.39, 0.29) is 11.3 Å². The van der Waals surface area contributed by atoms with Gasteiger partial charge in [0.2, 0.25) is 0 Å². The molecular formula is C14H15N3O3. The van der Waals surface area contributed by atoms with Gasteiger partial charge < -0.3 is 9.88 Å². The lowest BCUT2D eigenvalue weighted by Crippen LogP contribution is -2.37. The van der Waals surface area contributed by atoms with Gasteiger partial charge in [-0.25, -0.2) is 9.36 Å². The van der Waals surface area contributed by atoms with Crippen LogP contribution in [0.3, 0.4) is 0 Å². The van der Waals surface area contributed by atoms with Crippen LogP contribution in [0.4, 0.5) is 5.69 Å². The Kier molecular flexibility index (Phi) is 3.56. The van der Waals surface area contributed by atoms with Gasteiger partial charge >= 0.3 is 5.69 Å². The minimum atomic E-state index is -0.615. The summed E-state index contributed by atoms with van der Waals surface area (Å²) in [5.74, 6) is -0.387. The number of Topliss-reactive ketones (excluding diaryl/α,β-unsaturated/α-hetero) is 1. The van der Waals surface area contributed by atoms with Gasteiger partial charge in [-0.1, -0.05) is 12.1 Å². The summed E-state index contributed by atoms with van der Waals surface area (Å²) in [4.78, 5) is 39.9. The molecule has 20 heavy (non-hydrogen) atoms. The smallest absolute Gasteiger partial charge is 0.333 e. The highest BCUT2D eigenvalue weighted by Gasteiger charge is 2.15. The van der Waals surface area contributed by atoms with E-state index in [2.05, 4.69) is 4.98 Å². The van der Waals surface area contributed by atoms with E-state index >= 15 is 0 Å². The van der Waals surface area contributed by atoms with Gasteiger partial charge in [0.15, 0.2) is 5.78 Å². The Bertz CT molecular complexity index is 772. The highest BCUT2D eigenvalue weighted by Crippen LogP contribution is 2.19. The van der Waals surface area contributed by atoms with Crippen LogP contribution in [-0.2, 0) is 0 Å². The summed E-state index contributed by atoms with van der Waals surface area (Å²) in [6.45, 7) is 1.29. The number of aromatic nitrogens is 2. The van der Waals surface area contributed by atoms with Crippen LogP contribution in [0, 0.1) is 0 Å². The summed E-state index contributed by atoms with van der Waals surface area (Å²) in [6, 6.07) is 7.00. The second-order valence-electron chi connectivity index (χ2n) is 4.59. The van der Waals surface area contributed by atoms with Crippen molar-refractivity contribution in [3.8, 4) is 5.69 Å². The third-order valence-corrected chi connectivity index (χ3v) is 2.96. The van der Waals surface area contributed by atoms with Gasteiger partial charge in [-0.15, -0.1) is 0 Å². The third kappa shape index (κ3) is 2.27. The quantitative estimate of drug-likeness (QED) is 0.839. The second kappa shape index (κ2) is 5.16. The van der Waals surface area contributed by atoms with Crippen LogP contribution in [-0.4, -0.2) is 29.4 Å². The standard InChI is InChI=1S/C14H15N3O3/c1-9(18)10-8-15-14(20)17(13(10)19)12-7-5-4-6-11(12)16(2)3/h4-8H,1-3H3,(H,15,20). The number of H-pyrrole nitrogens is 1. The Hall–Kier alpha value is -2.63. The number of nitrogens with zero attached hydrogens (tertiary/aromatic N) is 2. The molecule has 6 heteroatoms. The monoisotopic (exact) mass is 273 g/mol. The van der Waals surface area contributed by atoms with Crippen molar-refractivity contribution in [3.63, 3.8) is 0 Å². The van der Waals surface area contributed by atoms with Crippen LogP contribution in [0.2, 0.25) is 0 Å². The van der Waals surface area contributed by atoms with Crippen molar-refractivity contribution in [1.29, 1.82) is 0 Å². The molecule has 6 nitrogen and oxygen atoms in total. The molecule has 2 rings (SSSR count). The van der Waals surface area contributed by atoms with Gasteiger partial charge in [0.25, 0.3) is 5.56 Å². The zero-order valence-electron chi connectivity index (χ0n) is 11.5. The van der Waals surface area contributed by atoms with Gasteiger partial charge in [0, 0.05) is 20.3 Å². The zero-order valence-corrected chi connectivity index (χ0v) is 11.5. The number of hydrogen-bond donors (Lipinski definition) is 1. The fraction of sp³-hybridized carbons (Fsp3) is 0.214. The van der Waals surface area contributed by atoms with E-state index in [1.54, 1.807) is 23.1 Å². The van der Waals surface area contributed by atoms with Gasteiger partial charge in [-0.2, -0.15) is 0 Å². The number of anilines is 1. The predicted octanol–water partition coefficient (Wildman–Crippen LogP) is 0.794. The molecular weight excluding hydrogens is 258 g/mol. The Morgan fingerprint density at radius 2 is 1.85 bits per heavy atom. The van der Waals surface area contributed by atoms with Crippen molar-refractivity contribution in [2.75, 3.05) is 19.0 Å². The fourth-order valence-electron chi connectivity index (χ4n) is 1.98. The Morgan fingerprint density at radius 1 is 1.20 bits per heavy atom. The molecule has 0 saturated carbocycles. The van der Waals surface area contributed by atoms with Crippen molar-refractivity contribution in [2.45, 2.75) is 6.92 Å². The van der Waals surface area contributed by atoms with Gasteiger partial charge in [-0.3, -0.25) is 9.59 Å². The molecule has 0 saturated heterocycles. The van der Waals surface area contributed by atoms with E-state index in [4.69, 9.17) is 0 Å². The lowest BCUT2D eigenvalue weighted by Gasteiger charge is -2.17. The molecule has 1 N–H and O–H groups in total. The number of nitrogens with one attached hydrogen (secondary N) is 1. The number of rotatable bonds is 3. The van der Waals surface area contributed by atoms with Crippen LogP contribution >= 0.6 is 0 Å².